The topological polar surface area (TPSA) is 166 Å². The number of nitriles is 1. The van der Waals surface area contributed by atoms with Gasteiger partial charge in [-0.2, -0.15) is 28.6 Å². The lowest BCUT2D eigenvalue weighted by Crippen LogP contribution is -2.63. The van der Waals surface area contributed by atoms with Gasteiger partial charge in [0.1, 0.15) is 17.1 Å². The van der Waals surface area contributed by atoms with Crippen molar-refractivity contribution in [1.29, 1.82) is 5.26 Å². The molecule has 1 saturated heterocycles. The van der Waals surface area contributed by atoms with Crippen LogP contribution in [0.25, 0.3) is 11.1 Å². The van der Waals surface area contributed by atoms with Crippen molar-refractivity contribution in [2.75, 3.05) is 18.0 Å². The Hall–Kier alpha value is -4.48. The first-order valence-corrected chi connectivity index (χ1v) is 11.0. The summed E-state index contributed by atoms with van der Waals surface area (Å²) in [6, 6.07) is 2.32. The van der Waals surface area contributed by atoms with Crippen LogP contribution in [0.4, 0.5) is 19.0 Å². The van der Waals surface area contributed by atoms with Crippen molar-refractivity contribution in [3.8, 4) is 17.2 Å². The molecular formula is C22H24F3N9O3. The molecule has 0 atom stereocenters. The zero-order chi connectivity index (χ0) is 27.4. The number of carbonyl (C=O) groups excluding carboxylic acids is 1. The molecule has 1 amide bonds. The van der Waals surface area contributed by atoms with Crippen LogP contribution in [0.1, 0.15) is 36.5 Å². The highest BCUT2D eigenvalue weighted by Crippen LogP contribution is 2.36. The van der Waals surface area contributed by atoms with Crippen LogP contribution in [0.5, 0.6) is 0 Å². The first kappa shape index (κ1) is 27.1. The molecule has 3 aromatic heterocycles. The number of carboxylic acid groups (broad SMARTS) is 1. The van der Waals surface area contributed by atoms with Gasteiger partial charge in [-0.1, -0.05) is 0 Å². The van der Waals surface area contributed by atoms with Crippen molar-refractivity contribution in [1.82, 2.24) is 35.3 Å². The van der Waals surface area contributed by atoms with E-state index >= 15 is 0 Å². The highest BCUT2D eigenvalue weighted by molar-refractivity contribution is 5.92. The van der Waals surface area contributed by atoms with E-state index in [0.29, 0.717) is 25.3 Å². The van der Waals surface area contributed by atoms with Crippen molar-refractivity contribution in [2.24, 2.45) is 0 Å². The Morgan fingerprint density at radius 3 is 2.41 bits per heavy atom. The number of nitrogens with one attached hydrogen (secondary N) is 2. The zero-order valence-electron chi connectivity index (χ0n) is 20.1. The highest BCUT2D eigenvalue weighted by Gasteiger charge is 2.46. The van der Waals surface area contributed by atoms with Crippen LogP contribution in [-0.4, -0.2) is 72.2 Å². The number of carboxylic acids is 1. The second-order valence-electron chi connectivity index (χ2n) is 8.69. The predicted octanol–water partition coefficient (Wildman–Crippen LogP) is 2.27. The minimum absolute atomic E-state index is 0.0331. The fourth-order valence-electron chi connectivity index (χ4n) is 3.61. The number of hydrogen-bond donors (Lipinski definition) is 3. The molecule has 1 fully saturated rings. The van der Waals surface area contributed by atoms with Gasteiger partial charge in [-0.3, -0.25) is 14.6 Å². The molecule has 0 spiro atoms. The smallest absolute Gasteiger partial charge is 0.475 e. The van der Waals surface area contributed by atoms with Gasteiger partial charge in [-0.25, -0.2) is 14.8 Å². The first-order chi connectivity index (χ1) is 17.4. The van der Waals surface area contributed by atoms with E-state index in [1.54, 1.807) is 18.6 Å². The Kier molecular flexibility index (Phi) is 7.80. The van der Waals surface area contributed by atoms with E-state index in [4.69, 9.17) is 9.90 Å². The number of rotatable bonds is 6. The molecule has 0 aliphatic carbocycles. The first-order valence-electron chi connectivity index (χ1n) is 11.0. The van der Waals surface area contributed by atoms with Gasteiger partial charge in [0.2, 0.25) is 0 Å². The number of anilines is 1. The molecule has 15 heteroatoms. The number of aliphatic carboxylic acids is 1. The van der Waals surface area contributed by atoms with Crippen molar-refractivity contribution >= 4 is 17.7 Å². The van der Waals surface area contributed by atoms with Crippen LogP contribution in [0.15, 0.2) is 31.0 Å². The second-order valence-corrected chi connectivity index (χ2v) is 8.69. The van der Waals surface area contributed by atoms with Crippen LogP contribution in [0.3, 0.4) is 0 Å². The Bertz CT molecular complexity index is 1290. The molecule has 1 aliphatic rings. The Balaban J connectivity index is 0.000000479. The van der Waals surface area contributed by atoms with Crippen LogP contribution in [0.2, 0.25) is 0 Å². The summed E-state index contributed by atoms with van der Waals surface area (Å²) in [6.45, 7) is 6.91. The molecule has 0 bridgehead atoms. The van der Waals surface area contributed by atoms with Crippen LogP contribution in [-0.2, 0) is 10.3 Å². The summed E-state index contributed by atoms with van der Waals surface area (Å²) in [5.74, 6) is -2.33. The van der Waals surface area contributed by atoms with Crippen LogP contribution in [0, 0.1) is 18.3 Å². The third-order valence-corrected chi connectivity index (χ3v) is 5.45. The average molecular weight is 519 g/mol. The third-order valence-electron chi connectivity index (χ3n) is 5.45. The van der Waals surface area contributed by atoms with Crippen molar-refractivity contribution < 1.29 is 27.9 Å². The van der Waals surface area contributed by atoms with Crippen molar-refractivity contribution in [3.05, 3.63) is 42.4 Å². The van der Waals surface area contributed by atoms with E-state index in [1.165, 1.54) is 6.20 Å². The number of halogens is 3. The number of carbonyl (C=O) groups is 2. The number of aromatic amines is 1. The lowest BCUT2D eigenvalue weighted by molar-refractivity contribution is -0.192. The minimum Gasteiger partial charge on any atom is -0.475 e. The maximum atomic E-state index is 12.0. The summed E-state index contributed by atoms with van der Waals surface area (Å²) in [4.78, 5) is 31.6. The van der Waals surface area contributed by atoms with E-state index in [2.05, 4.69) is 36.7 Å². The third kappa shape index (κ3) is 6.21. The standard InChI is InChI=1S/C20H23N9O.C2HF3O2/c1-13(2)26-19(30)17-8-23-18(9-22-17)28-11-20(12-28,4-5-21)29-10-15(6-25-29)16-7-24-27-14(16)3;3-2(4,5)1(6)7/h6-10,13H,4,11-12H2,1-3H3,(H,24,27)(H,26,30);(H,6,7). The summed E-state index contributed by atoms with van der Waals surface area (Å²) >= 11 is 0. The molecule has 0 saturated carbocycles. The predicted molar refractivity (Wildman–Crippen MR) is 123 cm³/mol. The van der Waals surface area contributed by atoms with Crippen molar-refractivity contribution in [2.45, 2.75) is 44.9 Å². The lowest BCUT2D eigenvalue weighted by Gasteiger charge is -2.49. The van der Waals surface area contributed by atoms with Crippen molar-refractivity contribution in [3.63, 3.8) is 0 Å². The Morgan fingerprint density at radius 2 is 1.92 bits per heavy atom. The number of alkyl halides is 3. The van der Waals surface area contributed by atoms with Gasteiger partial charge in [0, 0.05) is 42.1 Å². The number of amides is 1. The largest absolute Gasteiger partial charge is 0.490 e. The summed E-state index contributed by atoms with van der Waals surface area (Å²) < 4.78 is 33.6. The molecule has 37 heavy (non-hydrogen) atoms. The zero-order valence-corrected chi connectivity index (χ0v) is 20.1. The normalized spacial score (nSPS) is 14.3. The number of aromatic nitrogens is 6. The number of nitrogens with zero attached hydrogens (tertiary/aromatic N) is 7. The molecule has 196 valence electrons. The Labute approximate surface area is 209 Å². The van der Waals surface area contributed by atoms with Gasteiger partial charge in [-0.15, -0.1) is 0 Å². The number of H-pyrrole nitrogens is 1. The molecular weight excluding hydrogens is 495 g/mol. The van der Waals surface area contributed by atoms with E-state index in [1.807, 2.05) is 36.5 Å². The second kappa shape index (κ2) is 10.6. The minimum atomic E-state index is -5.08. The molecule has 0 unspecified atom stereocenters. The average Bonchev–Trinajstić information content (AvgIpc) is 3.44. The molecule has 1 aliphatic heterocycles. The summed E-state index contributed by atoms with van der Waals surface area (Å²) in [7, 11) is 0. The van der Waals surface area contributed by atoms with E-state index in [9.17, 15) is 23.2 Å². The molecule has 3 aromatic rings. The van der Waals surface area contributed by atoms with Crippen LogP contribution >= 0.6 is 0 Å². The monoisotopic (exact) mass is 519 g/mol. The molecule has 0 radical (unpaired) electrons. The number of aryl methyl sites for hydroxylation is 1. The van der Waals surface area contributed by atoms with Gasteiger partial charge < -0.3 is 15.3 Å². The van der Waals surface area contributed by atoms with Gasteiger partial charge in [0.25, 0.3) is 5.91 Å². The lowest BCUT2D eigenvalue weighted by atomic mass is 9.87. The van der Waals surface area contributed by atoms with E-state index < -0.39 is 17.7 Å². The number of hydrogen-bond acceptors (Lipinski definition) is 8. The summed E-state index contributed by atoms with van der Waals surface area (Å²) in [5.41, 5.74) is 2.77. The fourth-order valence-corrected chi connectivity index (χ4v) is 3.61. The van der Waals surface area contributed by atoms with Gasteiger partial charge in [-0.05, 0) is 20.8 Å². The maximum absolute atomic E-state index is 12.0. The quantitative estimate of drug-likeness (QED) is 0.443. The summed E-state index contributed by atoms with van der Waals surface area (Å²) in [5, 5.41) is 30.8. The summed E-state index contributed by atoms with van der Waals surface area (Å²) in [6.07, 6.45) is 3.84. The Morgan fingerprint density at radius 1 is 1.24 bits per heavy atom. The van der Waals surface area contributed by atoms with Crippen LogP contribution < -0.4 is 10.2 Å². The molecule has 4 rings (SSSR count). The molecule has 12 nitrogen and oxygen atoms in total. The van der Waals surface area contributed by atoms with E-state index in [0.717, 1.165) is 16.8 Å². The SMILES string of the molecule is Cc1[nH]ncc1-c1cnn(C2(CC#N)CN(c3cnc(C(=O)NC(C)C)cn3)C2)c1.O=C(O)C(F)(F)F. The van der Waals surface area contributed by atoms with Gasteiger partial charge >= 0.3 is 12.1 Å². The fraction of sp³-hybridized carbons (Fsp3) is 0.409. The highest BCUT2D eigenvalue weighted by atomic mass is 19.4. The molecule has 0 aromatic carbocycles. The molecule has 3 N–H and O–H groups in total. The van der Waals surface area contributed by atoms with E-state index in [-0.39, 0.29) is 17.6 Å². The van der Waals surface area contributed by atoms with Gasteiger partial charge in [0.05, 0.1) is 37.3 Å². The molecule has 4 heterocycles. The maximum Gasteiger partial charge on any atom is 0.490 e. The van der Waals surface area contributed by atoms with Gasteiger partial charge in [0.15, 0.2) is 0 Å².